The third-order valence-corrected chi connectivity index (χ3v) is 3.00. The number of fused-ring (bicyclic) bond motifs is 1. The van der Waals surface area contributed by atoms with E-state index in [0.29, 0.717) is 19.5 Å². The molecule has 1 amide bonds. The Morgan fingerprint density at radius 3 is 2.90 bits per heavy atom. The SMILES string of the molecule is CCNC(=O)CCNc1nccc2c(OC)cccc12. The highest BCUT2D eigenvalue weighted by Crippen LogP contribution is 2.28. The summed E-state index contributed by atoms with van der Waals surface area (Å²) in [5, 5.41) is 7.96. The van der Waals surface area contributed by atoms with Gasteiger partial charge in [0.05, 0.1) is 7.11 Å². The lowest BCUT2D eigenvalue weighted by atomic mass is 10.1. The molecule has 0 saturated heterocycles. The quantitative estimate of drug-likeness (QED) is 0.846. The number of ether oxygens (including phenoxy) is 1. The van der Waals surface area contributed by atoms with E-state index in [2.05, 4.69) is 15.6 Å². The Kier molecular flexibility index (Phi) is 4.76. The van der Waals surface area contributed by atoms with E-state index < -0.39 is 0 Å². The van der Waals surface area contributed by atoms with Crippen LogP contribution in [0.1, 0.15) is 13.3 Å². The first-order valence-electron chi connectivity index (χ1n) is 6.68. The number of benzene rings is 1. The Balaban J connectivity index is 2.12. The van der Waals surface area contributed by atoms with Gasteiger partial charge in [-0.1, -0.05) is 12.1 Å². The molecule has 0 aliphatic heterocycles. The Morgan fingerprint density at radius 1 is 1.30 bits per heavy atom. The largest absolute Gasteiger partial charge is 0.496 e. The molecule has 1 aromatic heterocycles. The Hall–Kier alpha value is -2.30. The van der Waals surface area contributed by atoms with Crippen LogP contribution >= 0.6 is 0 Å². The van der Waals surface area contributed by atoms with Gasteiger partial charge in [-0.25, -0.2) is 4.98 Å². The van der Waals surface area contributed by atoms with Crippen molar-refractivity contribution in [3.8, 4) is 5.75 Å². The first-order chi connectivity index (χ1) is 9.76. The monoisotopic (exact) mass is 273 g/mol. The summed E-state index contributed by atoms with van der Waals surface area (Å²) >= 11 is 0. The molecule has 0 atom stereocenters. The zero-order valence-corrected chi connectivity index (χ0v) is 11.8. The molecule has 0 unspecified atom stereocenters. The van der Waals surface area contributed by atoms with Crippen molar-refractivity contribution in [2.75, 3.05) is 25.5 Å². The predicted molar refractivity (Wildman–Crippen MR) is 80.1 cm³/mol. The van der Waals surface area contributed by atoms with Crippen LogP contribution < -0.4 is 15.4 Å². The maximum atomic E-state index is 11.4. The number of amides is 1. The zero-order valence-electron chi connectivity index (χ0n) is 11.8. The van der Waals surface area contributed by atoms with Crippen molar-refractivity contribution >= 4 is 22.5 Å². The standard InChI is InChI=1S/C15H19N3O2/c1-3-16-14(19)8-10-18-15-12-5-4-6-13(20-2)11(12)7-9-17-15/h4-7,9H,3,8,10H2,1-2H3,(H,16,19)(H,17,18). The van der Waals surface area contributed by atoms with Crippen LogP contribution in [0.15, 0.2) is 30.5 Å². The second-order valence-electron chi connectivity index (χ2n) is 4.35. The zero-order chi connectivity index (χ0) is 14.4. The normalized spacial score (nSPS) is 10.3. The second kappa shape index (κ2) is 6.75. The van der Waals surface area contributed by atoms with E-state index in [0.717, 1.165) is 22.3 Å². The van der Waals surface area contributed by atoms with E-state index in [1.807, 2.05) is 31.2 Å². The van der Waals surface area contributed by atoms with Crippen molar-refractivity contribution in [1.29, 1.82) is 0 Å². The molecule has 0 fully saturated rings. The van der Waals surface area contributed by atoms with E-state index >= 15 is 0 Å². The van der Waals surface area contributed by atoms with Crippen LogP contribution in [0.5, 0.6) is 5.75 Å². The summed E-state index contributed by atoms with van der Waals surface area (Å²) < 4.78 is 5.34. The summed E-state index contributed by atoms with van der Waals surface area (Å²) in [4.78, 5) is 15.7. The van der Waals surface area contributed by atoms with Gasteiger partial charge >= 0.3 is 0 Å². The Morgan fingerprint density at radius 2 is 2.15 bits per heavy atom. The molecule has 2 rings (SSSR count). The molecule has 20 heavy (non-hydrogen) atoms. The Bertz CT molecular complexity index is 599. The molecule has 2 aromatic rings. The van der Waals surface area contributed by atoms with Crippen molar-refractivity contribution < 1.29 is 9.53 Å². The number of pyridine rings is 1. The van der Waals surface area contributed by atoms with Crippen molar-refractivity contribution in [2.24, 2.45) is 0 Å². The molecule has 0 saturated carbocycles. The lowest BCUT2D eigenvalue weighted by molar-refractivity contribution is -0.120. The molecule has 0 radical (unpaired) electrons. The van der Waals surface area contributed by atoms with Gasteiger partial charge in [0.1, 0.15) is 11.6 Å². The van der Waals surface area contributed by atoms with Gasteiger partial charge in [-0.3, -0.25) is 4.79 Å². The van der Waals surface area contributed by atoms with Crippen LogP contribution in [0.25, 0.3) is 10.8 Å². The fourth-order valence-electron chi connectivity index (χ4n) is 2.08. The minimum Gasteiger partial charge on any atom is -0.496 e. The summed E-state index contributed by atoms with van der Waals surface area (Å²) in [5.41, 5.74) is 0. The summed E-state index contributed by atoms with van der Waals surface area (Å²) in [6.07, 6.45) is 2.16. The number of methoxy groups -OCH3 is 1. The van der Waals surface area contributed by atoms with Crippen molar-refractivity contribution in [1.82, 2.24) is 10.3 Å². The fourth-order valence-corrected chi connectivity index (χ4v) is 2.08. The molecule has 5 heteroatoms. The van der Waals surface area contributed by atoms with E-state index in [-0.39, 0.29) is 5.91 Å². The molecular weight excluding hydrogens is 254 g/mol. The van der Waals surface area contributed by atoms with E-state index in [9.17, 15) is 4.79 Å². The molecule has 0 spiro atoms. The summed E-state index contributed by atoms with van der Waals surface area (Å²) in [7, 11) is 1.65. The van der Waals surface area contributed by atoms with Crippen LogP contribution in [0.3, 0.4) is 0 Å². The molecule has 2 N–H and O–H groups in total. The van der Waals surface area contributed by atoms with Gasteiger partial charge in [0, 0.05) is 36.5 Å². The highest BCUT2D eigenvalue weighted by molar-refractivity contribution is 5.95. The summed E-state index contributed by atoms with van der Waals surface area (Å²) in [6, 6.07) is 7.75. The van der Waals surface area contributed by atoms with E-state index in [1.54, 1.807) is 13.3 Å². The van der Waals surface area contributed by atoms with Crippen molar-refractivity contribution in [3.05, 3.63) is 30.5 Å². The van der Waals surface area contributed by atoms with Crippen LogP contribution in [0, 0.1) is 0 Å². The fraction of sp³-hybridized carbons (Fsp3) is 0.333. The van der Waals surface area contributed by atoms with Gasteiger partial charge < -0.3 is 15.4 Å². The number of hydrogen-bond acceptors (Lipinski definition) is 4. The number of hydrogen-bond donors (Lipinski definition) is 2. The number of rotatable bonds is 6. The van der Waals surface area contributed by atoms with Crippen LogP contribution in [0.4, 0.5) is 5.82 Å². The van der Waals surface area contributed by atoms with Crippen LogP contribution in [0.2, 0.25) is 0 Å². The molecule has 5 nitrogen and oxygen atoms in total. The number of carbonyl (C=O) groups excluding carboxylic acids is 1. The smallest absolute Gasteiger partial charge is 0.221 e. The van der Waals surface area contributed by atoms with Gasteiger partial charge in [0.25, 0.3) is 0 Å². The van der Waals surface area contributed by atoms with Gasteiger partial charge in [0.15, 0.2) is 0 Å². The van der Waals surface area contributed by atoms with E-state index in [4.69, 9.17) is 4.74 Å². The lowest BCUT2D eigenvalue weighted by Crippen LogP contribution is -2.24. The number of nitrogens with one attached hydrogen (secondary N) is 2. The number of aromatic nitrogens is 1. The maximum absolute atomic E-state index is 11.4. The number of anilines is 1. The van der Waals surface area contributed by atoms with Crippen LogP contribution in [-0.2, 0) is 4.79 Å². The van der Waals surface area contributed by atoms with Crippen molar-refractivity contribution in [3.63, 3.8) is 0 Å². The van der Waals surface area contributed by atoms with Crippen molar-refractivity contribution in [2.45, 2.75) is 13.3 Å². The average Bonchev–Trinajstić information content (AvgIpc) is 2.47. The molecule has 0 aliphatic rings. The molecule has 1 aromatic carbocycles. The summed E-state index contributed by atoms with van der Waals surface area (Å²) in [6.45, 7) is 3.11. The van der Waals surface area contributed by atoms with Gasteiger partial charge in [-0.15, -0.1) is 0 Å². The highest BCUT2D eigenvalue weighted by Gasteiger charge is 2.06. The topological polar surface area (TPSA) is 63.2 Å². The minimum absolute atomic E-state index is 0.0396. The number of carbonyl (C=O) groups is 1. The molecule has 0 aliphatic carbocycles. The van der Waals surface area contributed by atoms with E-state index in [1.165, 1.54) is 0 Å². The maximum Gasteiger partial charge on any atom is 0.221 e. The summed E-state index contributed by atoms with van der Waals surface area (Å²) in [5.74, 6) is 1.63. The lowest BCUT2D eigenvalue weighted by Gasteiger charge is -2.10. The van der Waals surface area contributed by atoms with Gasteiger partial charge in [-0.05, 0) is 19.1 Å². The third-order valence-electron chi connectivity index (χ3n) is 3.00. The first-order valence-corrected chi connectivity index (χ1v) is 6.68. The molecule has 1 heterocycles. The minimum atomic E-state index is 0.0396. The second-order valence-corrected chi connectivity index (χ2v) is 4.35. The van der Waals surface area contributed by atoms with Crippen LogP contribution in [-0.4, -0.2) is 31.1 Å². The Labute approximate surface area is 118 Å². The third kappa shape index (κ3) is 3.17. The molecular formula is C15H19N3O2. The van der Waals surface area contributed by atoms with Gasteiger partial charge in [-0.2, -0.15) is 0 Å². The predicted octanol–water partition coefficient (Wildman–Crippen LogP) is 2.18. The highest BCUT2D eigenvalue weighted by atomic mass is 16.5. The van der Waals surface area contributed by atoms with Gasteiger partial charge in [0.2, 0.25) is 5.91 Å². The average molecular weight is 273 g/mol. The molecule has 0 bridgehead atoms. The number of nitrogens with zero attached hydrogens (tertiary/aromatic N) is 1. The molecule has 106 valence electrons. The first kappa shape index (κ1) is 14.1.